The van der Waals surface area contributed by atoms with Crippen molar-refractivity contribution in [2.45, 2.75) is 41.4 Å². The highest BCUT2D eigenvalue weighted by Gasteiger charge is 2.44. The number of nitrogens with two attached hydrogens (primary N) is 1. The molecule has 3 N–H and O–H groups in total. The molecular weight excluding hydrogens is 284 g/mol. The molecule has 1 aliphatic carbocycles. The Labute approximate surface area is 128 Å². The van der Waals surface area contributed by atoms with Gasteiger partial charge in [-0.1, -0.05) is 18.2 Å². The van der Waals surface area contributed by atoms with Crippen LogP contribution in [0, 0.1) is 0 Å². The van der Waals surface area contributed by atoms with E-state index in [0.717, 1.165) is 19.3 Å². The molecule has 2 unspecified atom stereocenters. The van der Waals surface area contributed by atoms with Gasteiger partial charge in [-0.2, -0.15) is 0 Å². The van der Waals surface area contributed by atoms with Crippen LogP contribution in [-0.2, 0) is 9.47 Å². The second-order valence-electron chi connectivity index (χ2n) is 5.89. The molecule has 0 amide bonds. The minimum Gasteiger partial charge on any atom is -0.350 e. The molecule has 1 aromatic heterocycles. The molecular formula is C16H20N2O2S. The van der Waals surface area contributed by atoms with Crippen LogP contribution < -0.4 is 5.73 Å². The number of hydrogen-bond acceptors (Lipinski definition) is 4. The largest absolute Gasteiger partial charge is 0.350 e. The van der Waals surface area contributed by atoms with Crippen molar-refractivity contribution in [2.75, 3.05) is 13.2 Å². The van der Waals surface area contributed by atoms with Gasteiger partial charge in [-0.25, -0.2) is 0 Å². The van der Waals surface area contributed by atoms with E-state index in [1.807, 2.05) is 11.8 Å². The van der Waals surface area contributed by atoms with Gasteiger partial charge in [0, 0.05) is 35.0 Å². The number of aromatic nitrogens is 1. The van der Waals surface area contributed by atoms with Crippen LogP contribution in [-0.4, -0.2) is 35.3 Å². The summed E-state index contributed by atoms with van der Waals surface area (Å²) in [5, 5.41) is 2.74. The standard InChI is InChI=1S/C16H20N2O2S/c17-12-5-6-16(19-7-8-20-16)10-14(12)21-15-9-11-3-1-2-4-13(11)18-15/h1-4,9,12,14,18H,5-8,10,17H2. The molecule has 2 fully saturated rings. The summed E-state index contributed by atoms with van der Waals surface area (Å²) in [5.41, 5.74) is 7.50. The molecule has 5 heteroatoms. The highest BCUT2D eigenvalue weighted by Crippen LogP contribution is 2.42. The number of rotatable bonds is 2. The van der Waals surface area contributed by atoms with Crippen molar-refractivity contribution in [3.63, 3.8) is 0 Å². The summed E-state index contributed by atoms with van der Waals surface area (Å²) in [4.78, 5) is 3.47. The Morgan fingerprint density at radius 2 is 2.05 bits per heavy atom. The Morgan fingerprint density at radius 3 is 2.86 bits per heavy atom. The second kappa shape index (κ2) is 5.32. The summed E-state index contributed by atoms with van der Waals surface area (Å²) >= 11 is 1.82. The third-order valence-electron chi connectivity index (χ3n) is 4.45. The maximum absolute atomic E-state index is 6.33. The van der Waals surface area contributed by atoms with E-state index in [4.69, 9.17) is 15.2 Å². The Bertz CT molecular complexity index is 603. The lowest BCUT2D eigenvalue weighted by Crippen LogP contribution is -2.47. The molecule has 1 spiro atoms. The second-order valence-corrected chi connectivity index (χ2v) is 7.17. The number of nitrogens with one attached hydrogen (secondary N) is 1. The highest BCUT2D eigenvalue weighted by atomic mass is 32.2. The van der Waals surface area contributed by atoms with E-state index in [2.05, 4.69) is 35.3 Å². The van der Waals surface area contributed by atoms with Crippen molar-refractivity contribution < 1.29 is 9.47 Å². The summed E-state index contributed by atoms with van der Waals surface area (Å²) in [6.45, 7) is 1.41. The van der Waals surface area contributed by atoms with E-state index in [9.17, 15) is 0 Å². The van der Waals surface area contributed by atoms with Crippen molar-refractivity contribution in [1.82, 2.24) is 4.98 Å². The summed E-state index contributed by atoms with van der Waals surface area (Å²) in [6, 6.07) is 10.7. The Morgan fingerprint density at radius 1 is 1.24 bits per heavy atom. The average Bonchev–Trinajstić information content (AvgIpc) is 3.09. The van der Waals surface area contributed by atoms with Gasteiger partial charge in [-0.3, -0.25) is 0 Å². The first-order chi connectivity index (χ1) is 10.2. The van der Waals surface area contributed by atoms with Gasteiger partial charge in [0.1, 0.15) is 0 Å². The molecule has 1 saturated heterocycles. The molecule has 2 aromatic rings. The van der Waals surface area contributed by atoms with Crippen LogP contribution in [0.4, 0.5) is 0 Å². The van der Waals surface area contributed by atoms with Crippen LogP contribution in [0.2, 0.25) is 0 Å². The van der Waals surface area contributed by atoms with Gasteiger partial charge in [0.25, 0.3) is 0 Å². The quantitative estimate of drug-likeness (QED) is 0.895. The lowest BCUT2D eigenvalue weighted by molar-refractivity contribution is -0.176. The minimum atomic E-state index is -0.375. The minimum absolute atomic E-state index is 0.194. The Hall–Kier alpha value is -1.01. The SMILES string of the molecule is NC1CCC2(CC1Sc1cc3ccccc3[nH]1)OCCO2. The van der Waals surface area contributed by atoms with Crippen LogP contribution in [0.3, 0.4) is 0 Å². The van der Waals surface area contributed by atoms with E-state index < -0.39 is 0 Å². The summed E-state index contributed by atoms with van der Waals surface area (Å²) in [6.07, 6.45) is 2.74. The van der Waals surface area contributed by atoms with E-state index in [1.165, 1.54) is 15.9 Å². The van der Waals surface area contributed by atoms with Crippen molar-refractivity contribution in [2.24, 2.45) is 5.73 Å². The first-order valence-electron chi connectivity index (χ1n) is 7.52. The van der Waals surface area contributed by atoms with Crippen LogP contribution in [0.15, 0.2) is 35.4 Å². The number of aromatic amines is 1. The first kappa shape index (κ1) is 13.6. The molecule has 2 aliphatic rings. The normalized spacial score (nSPS) is 28.4. The number of benzene rings is 1. The Balaban J connectivity index is 1.54. The summed E-state index contributed by atoms with van der Waals surface area (Å²) in [7, 11) is 0. The maximum atomic E-state index is 6.33. The number of ether oxygens (including phenoxy) is 2. The van der Waals surface area contributed by atoms with Crippen LogP contribution in [0.1, 0.15) is 19.3 Å². The smallest absolute Gasteiger partial charge is 0.169 e. The molecule has 1 aromatic carbocycles. The number of hydrogen-bond donors (Lipinski definition) is 2. The third-order valence-corrected chi connectivity index (χ3v) is 5.74. The van der Waals surface area contributed by atoms with E-state index >= 15 is 0 Å². The van der Waals surface area contributed by atoms with Gasteiger partial charge in [-0.15, -0.1) is 11.8 Å². The highest BCUT2D eigenvalue weighted by molar-refractivity contribution is 7.99. The predicted molar refractivity (Wildman–Crippen MR) is 84.4 cm³/mol. The maximum Gasteiger partial charge on any atom is 0.169 e. The summed E-state index contributed by atoms with van der Waals surface area (Å²) < 4.78 is 11.7. The van der Waals surface area contributed by atoms with Crippen LogP contribution in [0.25, 0.3) is 10.9 Å². The lowest BCUT2D eigenvalue weighted by atomic mass is 9.90. The Kier molecular flexibility index (Phi) is 3.46. The number of para-hydroxylation sites is 1. The van der Waals surface area contributed by atoms with Crippen molar-refractivity contribution in [3.8, 4) is 0 Å². The molecule has 0 bridgehead atoms. The van der Waals surface area contributed by atoms with Crippen LogP contribution in [0.5, 0.6) is 0 Å². The van der Waals surface area contributed by atoms with Gasteiger partial charge >= 0.3 is 0 Å². The molecule has 1 saturated carbocycles. The van der Waals surface area contributed by atoms with Gasteiger partial charge in [0.05, 0.1) is 18.2 Å². The predicted octanol–water partition coefficient (Wildman–Crippen LogP) is 2.88. The topological polar surface area (TPSA) is 60.3 Å². The zero-order valence-electron chi connectivity index (χ0n) is 11.9. The van der Waals surface area contributed by atoms with Gasteiger partial charge in [-0.05, 0) is 18.6 Å². The molecule has 4 rings (SSSR count). The number of thioether (sulfide) groups is 1. The molecule has 2 atom stereocenters. The van der Waals surface area contributed by atoms with Crippen molar-refractivity contribution in [1.29, 1.82) is 0 Å². The van der Waals surface area contributed by atoms with E-state index in [1.54, 1.807) is 0 Å². The fourth-order valence-electron chi connectivity index (χ4n) is 3.29. The van der Waals surface area contributed by atoms with Gasteiger partial charge < -0.3 is 20.2 Å². The first-order valence-corrected chi connectivity index (χ1v) is 8.40. The van der Waals surface area contributed by atoms with E-state index in [0.29, 0.717) is 18.5 Å². The number of fused-ring (bicyclic) bond motifs is 1. The van der Waals surface area contributed by atoms with Crippen molar-refractivity contribution in [3.05, 3.63) is 30.3 Å². The third kappa shape index (κ3) is 2.59. The molecule has 2 heterocycles. The molecule has 0 radical (unpaired) electrons. The lowest BCUT2D eigenvalue weighted by Gasteiger charge is -2.39. The fraction of sp³-hybridized carbons (Fsp3) is 0.500. The summed E-state index contributed by atoms with van der Waals surface area (Å²) in [5.74, 6) is -0.375. The number of H-pyrrole nitrogens is 1. The van der Waals surface area contributed by atoms with E-state index in [-0.39, 0.29) is 11.8 Å². The van der Waals surface area contributed by atoms with Crippen LogP contribution >= 0.6 is 11.8 Å². The average molecular weight is 304 g/mol. The van der Waals surface area contributed by atoms with Gasteiger partial charge in [0.15, 0.2) is 5.79 Å². The molecule has 1 aliphatic heterocycles. The molecule has 21 heavy (non-hydrogen) atoms. The fourth-order valence-corrected chi connectivity index (χ4v) is 4.63. The monoisotopic (exact) mass is 304 g/mol. The zero-order chi connectivity index (χ0) is 14.3. The zero-order valence-corrected chi connectivity index (χ0v) is 12.7. The molecule has 4 nitrogen and oxygen atoms in total. The van der Waals surface area contributed by atoms with Crippen molar-refractivity contribution >= 4 is 22.7 Å². The van der Waals surface area contributed by atoms with Gasteiger partial charge in [0.2, 0.25) is 0 Å². The molecule has 112 valence electrons.